The molecule has 2 aromatic carbocycles. The first-order valence-corrected chi connectivity index (χ1v) is 6.04. The number of aromatic nitrogens is 1. The van der Waals surface area contributed by atoms with E-state index >= 15 is 0 Å². The zero-order valence-corrected chi connectivity index (χ0v) is 10.4. The average molecular weight is 268 g/mol. The van der Waals surface area contributed by atoms with Gasteiger partial charge in [-0.05, 0) is 36.4 Å². The number of hydrogen-bond donors (Lipinski definition) is 4. The molecule has 0 aliphatic carbocycles. The molecule has 3 aromatic rings. The maximum atomic E-state index is 12.1. The van der Waals surface area contributed by atoms with Crippen molar-refractivity contribution in [3.05, 3.63) is 54.2 Å². The highest BCUT2D eigenvalue weighted by atomic mass is 16.3. The van der Waals surface area contributed by atoms with Crippen LogP contribution in [0.1, 0.15) is 10.5 Å². The second-order valence-electron chi connectivity index (χ2n) is 4.46. The number of carbonyl (C=O) groups is 1. The first kappa shape index (κ1) is 12.1. The number of fused-ring (bicyclic) bond motifs is 1. The van der Waals surface area contributed by atoms with E-state index in [4.69, 9.17) is 0 Å². The fraction of sp³-hybridized carbons (Fsp3) is 0. The summed E-state index contributed by atoms with van der Waals surface area (Å²) in [5, 5.41) is 22.2. The molecule has 0 fully saturated rings. The summed E-state index contributed by atoms with van der Waals surface area (Å²) in [6, 6.07) is 12.8. The van der Waals surface area contributed by atoms with Crippen molar-refractivity contribution < 1.29 is 15.0 Å². The number of phenols is 2. The second kappa shape index (κ2) is 4.62. The van der Waals surface area contributed by atoms with E-state index in [1.54, 1.807) is 36.4 Å². The van der Waals surface area contributed by atoms with Crippen LogP contribution in [0.4, 0.5) is 5.69 Å². The maximum absolute atomic E-state index is 12.1. The Hall–Kier alpha value is -2.95. The van der Waals surface area contributed by atoms with E-state index in [0.29, 0.717) is 11.4 Å². The summed E-state index contributed by atoms with van der Waals surface area (Å²) in [7, 11) is 0. The third-order valence-electron chi connectivity index (χ3n) is 2.95. The molecule has 1 heterocycles. The third kappa shape index (κ3) is 2.29. The number of aromatic hydroxyl groups is 2. The molecule has 20 heavy (non-hydrogen) atoms. The highest BCUT2D eigenvalue weighted by molar-refractivity contribution is 6.06. The number of amides is 1. The SMILES string of the molecule is O=C(Nc1cccc(O)c1)c1cc2cc(O)ccc2[nH]1. The standard InChI is InChI=1S/C15H12N2O3/c18-11-3-1-2-10(8-11)16-15(20)14-7-9-6-12(19)4-5-13(9)17-14/h1-8,17-19H,(H,16,20). The number of phenolic OH excluding ortho intramolecular Hbond substituents is 2. The van der Waals surface area contributed by atoms with Gasteiger partial charge >= 0.3 is 0 Å². The lowest BCUT2D eigenvalue weighted by Gasteiger charge is -2.03. The number of rotatable bonds is 2. The molecule has 4 N–H and O–H groups in total. The van der Waals surface area contributed by atoms with Gasteiger partial charge in [0.2, 0.25) is 0 Å². The van der Waals surface area contributed by atoms with E-state index in [2.05, 4.69) is 10.3 Å². The van der Waals surface area contributed by atoms with Gasteiger partial charge in [0.05, 0.1) is 0 Å². The van der Waals surface area contributed by atoms with Gasteiger partial charge in [-0.3, -0.25) is 4.79 Å². The summed E-state index contributed by atoms with van der Waals surface area (Å²) < 4.78 is 0. The molecule has 3 rings (SSSR count). The molecule has 0 unspecified atom stereocenters. The van der Waals surface area contributed by atoms with Gasteiger partial charge in [0.25, 0.3) is 5.91 Å². The van der Waals surface area contributed by atoms with Crippen molar-refractivity contribution in [2.24, 2.45) is 0 Å². The minimum absolute atomic E-state index is 0.0874. The molecular weight excluding hydrogens is 256 g/mol. The first-order chi connectivity index (χ1) is 9.61. The lowest BCUT2D eigenvalue weighted by molar-refractivity contribution is 0.102. The number of carbonyl (C=O) groups excluding carboxylic acids is 1. The maximum Gasteiger partial charge on any atom is 0.272 e. The largest absolute Gasteiger partial charge is 0.508 e. The molecule has 100 valence electrons. The average Bonchev–Trinajstić information content (AvgIpc) is 2.81. The van der Waals surface area contributed by atoms with E-state index in [1.165, 1.54) is 12.1 Å². The summed E-state index contributed by atoms with van der Waals surface area (Å²) in [6.45, 7) is 0. The van der Waals surface area contributed by atoms with Crippen molar-refractivity contribution in [1.29, 1.82) is 0 Å². The van der Waals surface area contributed by atoms with Gasteiger partial charge in [0, 0.05) is 22.7 Å². The minimum atomic E-state index is -0.314. The number of hydrogen-bond acceptors (Lipinski definition) is 3. The van der Waals surface area contributed by atoms with Crippen LogP contribution < -0.4 is 5.32 Å². The molecular formula is C15H12N2O3. The Balaban J connectivity index is 1.88. The van der Waals surface area contributed by atoms with Gasteiger partial charge < -0.3 is 20.5 Å². The lowest BCUT2D eigenvalue weighted by Crippen LogP contribution is -2.11. The van der Waals surface area contributed by atoms with Crippen molar-refractivity contribution in [2.45, 2.75) is 0 Å². The lowest BCUT2D eigenvalue weighted by atomic mass is 10.2. The predicted octanol–water partition coefficient (Wildman–Crippen LogP) is 2.83. The molecule has 5 nitrogen and oxygen atoms in total. The van der Waals surface area contributed by atoms with Crippen LogP contribution in [0.2, 0.25) is 0 Å². The van der Waals surface area contributed by atoms with Crippen molar-refractivity contribution >= 4 is 22.5 Å². The Morgan fingerprint density at radius 3 is 2.60 bits per heavy atom. The van der Waals surface area contributed by atoms with Crippen LogP contribution in [0.3, 0.4) is 0 Å². The summed E-state index contributed by atoms with van der Waals surface area (Å²) in [5.41, 5.74) is 1.66. The Morgan fingerprint density at radius 1 is 1.00 bits per heavy atom. The molecule has 0 atom stereocenters. The smallest absolute Gasteiger partial charge is 0.272 e. The fourth-order valence-corrected chi connectivity index (χ4v) is 2.02. The van der Waals surface area contributed by atoms with Crippen molar-refractivity contribution in [1.82, 2.24) is 4.98 Å². The number of nitrogens with one attached hydrogen (secondary N) is 2. The normalized spacial score (nSPS) is 10.6. The fourth-order valence-electron chi connectivity index (χ4n) is 2.02. The van der Waals surface area contributed by atoms with Gasteiger partial charge in [0.15, 0.2) is 0 Å². The van der Waals surface area contributed by atoms with E-state index < -0.39 is 0 Å². The van der Waals surface area contributed by atoms with Crippen LogP contribution in [-0.2, 0) is 0 Å². The Bertz CT molecular complexity index is 793. The molecule has 0 aliphatic rings. The van der Waals surface area contributed by atoms with Crippen LogP contribution in [-0.4, -0.2) is 21.1 Å². The zero-order valence-electron chi connectivity index (χ0n) is 10.4. The van der Waals surface area contributed by atoms with Gasteiger partial charge in [-0.15, -0.1) is 0 Å². The van der Waals surface area contributed by atoms with Gasteiger partial charge in [-0.1, -0.05) is 6.07 Å². The quantitative estimate of drug-likeness (QED) is 0.576. The zero-order chi connectivity index (χ0) is 14.1. The van der Waals surface area contributed by atoms with E-state index in [9.17, 15) is 15.0 Å². The summed E-state index contributed by atoms with van der Waals surface area (Å²) >= 11 is 0. The molecule has 0 spiro atoms. The number of H-pyrrole nitrogens is 1. The van der Waals surface area contributed by atoms with E-state index in [0.717, 1.165) is 10.9 Å². The van der Waals surface area contributed by atoms with Crippen molar-refractivity contribution in [3.63, 3.8) is 0 Å². The molecule has 0 aliphatic heterocycles. The third-order valence-corrected chi connectivity index (χ3v) is 2.95. The molecule has 0 radical (unpaired) electrons. The highest BCUT2D eigenvalue weighted by Gasteiger charge is 2.10. The molecule has 0 bridgehead atoms. The van der Waals surface area contributed by atoms with Gasteiger partial charge in [-0.2, -0.15) is 0 Å². The monoisotopic (exact) mass is 268 g/mol. The predicted molar refractivity (Wildman–Crippen MR) is 76.0 cm³/mol. The van der Waals surface area contributed by atoms with E-state index in [-0.39, 0.29) is 17.4 Å². The Labute approximate surface area is 114 Å². The molecule has 0 saturated carbocycles. The van der Waals surface area contributed by atoms with Crippen LogP contribution in [0.5, 0.6) is 11.5 Å². The topological polar surface area (TPSA) is 85.3 Å². The van der Waals surface area contributed by atoms with Crippen LogP contribution >= 0.6 is 0 Å². The van der Waals surface area contributed by atoms with Crippen LogP contribution in [0.25, 0.3) is 10.9 Å². The minimum Gasteiger partial charge on any atom is -0.508 e. The van der Waals surface area contributed by atoms with Crippen LogP contribution in [0.15, 0.2) is 48.5 Å². The van der Waals surface area contributed by atoms with Crippen molar-refractivity contribution in [2.75, 3.05) is 5.32 Å². The summed E-state index contributed by atoms with van der Waals surface area (Å²) in [4.78, 5) is 15.1. The van der Waals surface area contributed by atoms with Gasteiger partial charge in [-0.25, -0.2) is 0 Å². The summed E-state index contributed by atoms with van der Waals surface area (Å²) in [6.07, 6.45) is 0. The molecule has 1 amide bonds. The molecule has 5 heteroatoms. The van der Waals surface area contributed by atoms with Crippen LogP contribution in [0, 0.1) is 0 Å². The summed E-state index contributed by atoms with van der Waals surface area (Å²) in [5.74, 6) is -0.0768. The molecule has 0 saturated heterocycles. The Morgan fingerprint density at radius 2 is 1.80 bits per heavy atom. The number of benzene rings is 2. The second-order valence-corrected chi connectivity index (χ2v) is 4.46. The van der Waals surface area contributed by atoms with Gasteiger partial charge in [0.1, 0.15) is 17.2 Å². The molecule has 1 aromatic heterocycles. The first-order valence-electron chi connectivity index (χ1n) is 6.04. The number of aromatic amines is 1. The highest BCUT2D eigenvalue weighted by Crippen LogP contribution is 2.21. The van der Waals surface area contributed by atoms with Crippen molar-refractivity contribution in [3.8, 4) is 11.5 Å². The Kier molecular flexibility index (Phi) is 2.80. The number of anilines is 1. The van der Waals surface area contributed by atoms with E-state index in [1.807, 2.05) is 0 Å².